The van der Waals surface area contributed by atoms with E-state index in [1.807, 2.05) is 13.8 Å². The summed E-state index contributed by atoms with van der Waals surface area (Å²) in [6.45, 7) is 7.65. The Balaban J connectivity index is 2.72. The Bertz CT molecular complexity index is 358. The van der Waals surface area contributed by atoms with Crippen molar-refractivity contribution in [1.82, 2.24) is 0 Å². The molecule has 0 bridgehead atoms. The highest BCUT2D eigenvalue weighted by molar-refractivity contribution is 7.89. The molecule has 0 aliphatic carbocycles. The summed E-state index contributed by atoms with van der Waals surface area (Å²) in [6.07, 6.45) is 2.25. The molecule has 0 aromatic heterocycles. The van der Waals surface area contributed by atoms with Gasteiger partial charge in [-0.25, -0.2) is 13.6 Å². The number of ether oxygens (including phenoxy) is 2. The van der Waals surface area contributed by atoms with Crippen LogP contribution in [0.15, 0.2) is 0 Å². The molecule has 0 aromatic carbocycles. The molecule has 6 heteroatoms. The van der Waals surface area contributed by atoms with Gasteiger partial charge in [0.05, 0.1) is 18.0 Å². The number of sulfonamides is 1. The van der Waals surface area contributed by atoms with Gasteiger partial charge in [0.15, 0.2) is 0 Å². The number of nitrogens with two attached hydrogens (primary N) is 1. The van der Waals surface area contributed by atoms with Crippen molar-refractivity contribution in [3.8, 4) is 0 Å². The van der Waals surface area contributed by atoms with Crippen LogP contribution < -0.4 is 5.14 Å². The third-order valence-corrected chi connectivity index (χ3v) is 4.70. The zero-order chi connectivity index (χ0) is 13.9. The molecule has 0 spiro atoms. The van der Waals surface area contributed by atoms with Crippen LogP contribution in [0.5, 0.6) is 0 Å². The van der Waals surface area contributed by atoms with Crippen molar-refractivity contribution < 1.29 is 17.9 Å². The first-order valence-electron chi connectivity index (χ1n) is 6.40. The van der Waals surface area contributed by atoms with Gasteiger partial charge in [0, 0.05) is 18.6 Å². The van der Waals surface area contributed by atoms with Crippen molar-refractivity contribution in [2.45, 2.75) is 45.6 Å². The maximum atomic E-state index is 11.4. The van der Waals surface area contributed by atoms with Crippen molar-refractivity contribution in [3.63, 3.8) is 0 Å². The van der Waals surface area contributed by atoms with Gasteiger partial charge in [-0.3, -0.25) is 0 Å². The number of hydrogen-bond donors (Lipinski definition) is 1. The fraction of sp³-hybridized carbons (Fsp3) is 1.00. The molecule has 18 heavy (non-hydrogen) atoms. The highest BCUT2D eigenvalue weighted by atomic mass is 32.2. The Hall–Kier alpha value is -0.170. The predicted octanol–water partition coefficient (Wildman–Crippen LogP) is 1.28. The van der Waals surface area contributed by atoms with E-state index in [2.05, 4.69) is 6.92 Å². The Morgan fingerprint density at radius 2 is 1.89 bits per heavy atom. The molecule has 0 saturated carbocycles. The normalized spacial score (nSPS) is 20.9. The summed E-state index contributed by atoms with van der Waals surface area (Å²) < 4.78 is 34.0. The minimum absolute atomic E-state index is 0.0246. The molecule has 108 valence electrons. The third-order valence-electron chi connectivity index (χ3n) is 3.68. The molecule has 0 atom stereocenters. The van der Waals surface area contributed by atoms with Crippen LogP contribution in [0.4, 0.5) is 0 Å². The van der Waals surface area contributed by atoms with Gasteiger partial charge in [-0.05, 0) is 33.1 Å². The lowest BCUT2D eigenvalue weighted by Gasteiger charge is -2.38. The molecule has 1 heterocycles. The molecular weight excluding hydrogens is 254 g/mol. The first-order chi connectivity index (χ1) is 8.18. The van der Waals surface area contributed by atoms with Crippen molar-refractivity contribution in [3.05, 3.63) is 0 Å². The lowest BCUT2D eigenvalue weighted by Crippen LogP contribution is -2.44. The number of primary sulfonamides is 1. The lowest BCUT2D eigenvalue weighted by molar-refractivity contribution is -0.0885. The predicted molar refractivity (Wildman–Crippen MR) is 70.8 cm³/mol. The summed E-state index contributed by atoms with van der Waals surface area (Å²) in [4.78, 5) is 0. The second kappa shape index (κ2) is 5.86. The van der Waals surface area contributed by atoms with Gasteiger partial charge >= 0.3 is 0 Å². The zero-order valence-electron chi connectivity index (χ0n) is 11.6. The molecule has 1 saturated heterocycles. The minimum Gasteiger partial charge on any atom is -0.381 e. The van der Waals surface area contributed by atoms with Gasteiger partial charge in [0.2, 0.25) is 10.0 Å². The van der Waals surface area contributed by atoms with Gasteiger partial charge < -0.3 is 9.47 Å². The van der Waals surface area contributed by atoms with E-state index in [9.17, 15) is 8.42 Å². The van der Waals surface area contributed by atoms with Gasteiger partial charge in [-0.1, -0.05) is 6.92 Å². The highest BCUT2D eigenvalue weighted by Crippen LogP contribution is 2.33. The van der Waals surface area contributed by atoms with Crippen LogP contribution in [0.25, 0.3) is 0 Å². The smallest absolute Gasteiger partial charge is 0.209 e. The molecule has 2 N–H and O–H groups in total. The van der Waals surface area contributed by atoms with Crippen molar-refractivity contribution in [2.75, 3.05) is 25.6 Å². The molecule has 1 fully saturated rings. The lowest BCUT2D eigenvalue weighted by atomic mass is 9.83. The zero-order valence-corrected chi connectivity index (χ0v) is 12.4. The van der Waals surface area contributed by atoms with Crippen LogP contribution in [0.1, 0.15) is 40.0 Å². The molecule has 0 radical (unpaired) electrons. The topological polar surface area (TPSA) is 78.6 Å². The van der Waals surface area contributed by atoms with Crippen molar-refractivity contribution in [1.29, 1.82) is 0 Å². The van der Waals surface area contributed by atoms with Crippen LogP contribution in [-0.4, -0.2) is 39.6 Å². The summed E-state index contributed by atoms with van der Waals surface area (Å²) >= 11 is 0. The van der Waals surface area contributed by atoms with E-state index in [0.29, 0.717) is 32.7 Å². The van der Waals surface area contributed by atoms with Gasteiger partial charge in [0.25, 0.3) is 0 Å². The molecule has 0 unspecified atom stereocenters. The molecular formula is C12H25NO4S. The van der Waals surface area contributed by atoms with Crippen LogP contribution in [0, 0.1) is 5.41 Å². The Morgan fingerprint density at radius 3 is 2.33 bits per heavy atom. The van der Waals surface area contributed by atoms with Crippen LogP contribution in [0.3, 0.4) is 0 Å². The van der Waals surface area contributed by atoms with E-state index >= 15 is 0 Å². The number of hydrogen-bond acceptors (Lipinski definition) is 4. The van der Waals surface area contributed by atoms with E-state index < -0.39 is 15.4 Å². The quantitative estimate of drug-likeness (QED) is 0.794. The monoisotopic (exact) mass is 279 g/mol. The van der Waals surface area contributed by atoms with Crippen LogP contribution in [0.2, 0.25) is 0 Å². The Labute approximate surface area is 110 Å². The fourth-order valence-electron chi connectivity index (χ4n) is 2.01. The average Bonchev–Trinajstić information content (AvgIpc) is 2.26. The fourth-order valence-corrected chi connectivity index (χ4v) is 3.24. The summed E-state index contributed by atoms with van der Waals surface area (Å²) in [5, 5.41) is 5.20. The van der Waals surface area contributed by atoms with E-state index in [-0.39, 0.29) is 11.4 Å². The maximum Gasteiger partial charge on any atom is 0.209 e. The van der Waals surface area contributed by atoms with Gasteiger partial charge in [-0.2, -0.15) is 0 Å². The SMILES string of the molecule is CCC(C)(C)OCC1(CS(N)(=O)=O)CCOCC1. The van der Waals surface area contributed by atoms with Crippen LogP contribution in [-0.2, 0) is 19.5 Å². The molecule has 1 rings (SSSR count). The van der Waals surface area contributed by atoms with Crippen LogP contribution >= 0.6 is 0 Å². The van der Waals surface area contributed by atoms with Crippen molar-refractivity contribution in [2.24, 2.45) is 10.6 Å². The molecule has 0 amide bonds. The second-order valence-electron chi connectivity index (χ2n) is 5.82. The van der Waals surface area contributed by atoms with E-state index in [4.69, 9.17) is 14.6 Å². The highest BCUT2D eigenvalue weighted by Gasteiger charge is 2.38. The summed E-state index contributed by atoms with van der Waals surface area (Å²) in [7, 11) is -3.49. The Morgan fingerprint density at radius 1 is 1.33 bits per heavy atom. The van der Waals surface area contributed by atoms with Crippen molar-refractivity contribution >= 4 is 10.0 Å². The summed E-state index contributed by atoms with van der Waals surface area (Å²) in [5.41, 5.74) is -0.623. The van der Waals surface area contributed by atoms with E-state index in [1.54, 1.807) is 0 Å². The van der Waals surface area contributed by atoms with E-state index in [1.165, 1.54) is 0 Å². The van der Waals surface area contributed by atoms with E-state index in [0.717, 1.165) is 6.42 Å². The molecule has 0 aromatic rings. The second-order valence-corrected chi connectivity index (χ2v) is 7.44. The first-order valence-corrected chi connectivity index (χ1v) is 8.12. The molecule has 5 nitrogen and oxygen atoms in total. The molecule has 1 aliphatic heterocycles. The van der Waals surface area contributed by atoms with Gasteiger partial charge in [-0.15, -0.1) is 0 Å². The summed E-state index contributed by atoms with van der Waals surface area (Å²) in [5.74, 6) is -0.0246. The van der Waals surface area contributed by atoms with Gasteiger partial charge in [0.1, 0.15) is 0 Å². The Kier molecular flexibility index (Phi) is 5.17. The standard InChI is InChI=1S/C12H25NO4S/c1-4-11(2,3)17-9-12(10-18(13,14)15)5-7-16-8-6-12/h4-10H2,1-3H3,(H2,13,14,15). The third kappa shape index (κ3) is 5.22. The maximum absolute atomic E-state index is 11.4. The summed E-state index contributed by atoms with van der Waals surface area (Å²) in [6, 6.07) is 0. The average molecular weight is 279 g/mol. The molecule has 1 aliphatic rings. The first kappa shape index (κ1) is 15.9. The number of rotatable bonds is 6. The minimum atomic E-state index is -3.49. The largest absolute Gasteiger partial charge is 0.381 e.